The Morgan fingerprint density at radius 1 is 1.30 bits per heavy atom. The van der Waals surface area contributed by atoms with Crippen LogP contribution < -0.4 is 5.32 Å². The van der Waals surface area contributed by atoms with E-state index in [1.807, 2.05) is 17.0 Å². The Morgan fingerprint density at radius 3 is 2.60 bits per heavy atom. The standard InChI is InChI=1S/C17H26N2O/c1-4-16-7-5-6-12-19(16)17(20)18-15-10-8-14(9-11-15)13(2)3/h8-11,13,16H,4-7,12H2,1-3H3,(H,18,20)/t16-/m1/s1. The third-order valence-electron chi connectivity index (χ3n) is 4.19. The zero-order valence-corrected chi connectivity index (χ0v) is 12.9. The van der Waals surface area contributed by atoms with Gasteiger partial charge in [-0.3, -0.25) is 0 Å². The number of anilines is 1. The summed E-state index contributed by atoms with van der Waals surface area (Å²) < 4.78 is 0. The summed E-state index contributed by atoms with van der Waals surface area (Å²) in [5.41, 5.74) is 2.19. The van der Waals surface area contributed by atoms with Crippen molar-refractivity contribution in [2.24, 2.45) is 0 Å². The van der Waals surface area contributed by atoms with Gasteiger partial charge >= 0.3 is 6.03 Å². The molecule has 0 bridgehead atoms. The third-order valence-corrected chi connectivity index (χ3v) is 4.19. The lowest BCUT2D eigenvalue weighted by molar-refractivity contribution is 0.160. The average molecular weight is 274 g/mol. The van der Waals surface area contributed by atoms with E-state index in [9.17, 15) is 4.79 Å². The number of amides is 2. The smallest absolute Gasteiger partial charge is 0.322 e. The Hall–Kier alpha value is -1.51. The number of benzene rings is 1. The molecular formula is C17H26N2O. The van der Waals surface area contributed by atoms with Crippen molar-refractivity contribution in [3.63, 3.8) is 0 Å². The van der Waals surface area contributed by atoms with Crippen LogP contribution >= 0.6 is 0 Å². The summed E-state index contributed by atoms with van der Waals surface area (Å²) >= 11 is 0. The van der Waals surface area contributed by atoms with Gasteiger partial charge in [-0.15, -0.1) is 0 Å². The lowest BCUT2D eigenvalue weighted by Gasteiger charge is -2.35. The van der Waals surface area contributed by atoms with Crippen LogP contribution in [0.25, 0.3) is 0 Å². The molecule has 0 saturated carbocycles. The van der Waals surface area contributed by atoms with E-state index in [-0.39, 0.29) is 6.03 Å². The number of nitrogens with zero attached hydrogens (tertiary/aromatic N) is 1. The minimum Gasteiger partial charge on any atom is -0.322 e. The minimum absolute atomic E-state index is 0.0499. The molecule has 1 heterocycles. The van der Waals surface area contributed by atoms with Crippen LogP contribution in [0.5, 0.6) is 0 Å². The van der Waals surface area contributed by atoms with Gasteiger partial charge in [-0.1, -0.05) is 32.9 Å². The Kier molecular flexibility index (Phi) is 5.05. The number of carbonyl (C=O) groups excluding carboxylic acids is 1. The highest BCUT2D eigenvalue weighted by Gasteiger charge is 2.25. The zero-order valence-electron chi connectivity index (χ0n) is 12.9. The van der Waals surface area contributed by atoms with Gasteiger partial charge in [-0.25, -0.2) is 4.79 Å². The van der Waals surface area contributed by atoms with Gasteiger partial charge in [0.2, 0.25) is 0 Å². The topological polar surface area (TPSA) is 32.3 Å². The second-order valence-corrected chi connectivity index (χ2v) is 5.96. The maximum absolute atomic E-state index is 12.4. The quantitative estimate of drug-likeness (QED) is 0.858. The number of nitrogens with one attached hydrogen (secondary N) is 1. The summed E-state index contributed by atoms with van der Waals surface area (Å²) in [6.07, 6.45) is 4.54. The van der Waals surface area contributed by atoms with E-state index < -0.39 is 0 Å². The van der Waals surface area contributed by atoms with E-state index in [0.29, 0.717) is 12.0 Å². The summed E-state index contributed by atoms with van der Waals surface area (Å²) in [7, 11) is 0. The lowest BCUT2D eigenvalue weighted by Crippen LogP contribution is -2.45. The first-order valence-electron chi connectivity index (χ1n) is 7.79. The van der Waals surface area contributed by atoms with E-state index in [1.54, 1.807) is 0 Å². The van der Waals surface area contributed by atoms with E-state index in [1.165, 1.54) is 12.0 Å². The van der Waals surface area contributed by atoms with E-state index in [2.05, 4.69) is 38.2 Å². The number of piperidine rings is 1. The first-order valence-corrected chi connectivity index (χ1v) is 7.79. The van der Waals surface area contributed by atoms with Gasteiger partial charge in [0.25, 0.3) is 0 Å². The first kappa shape index (κ1) is 14.9. The summed E-state index contributed by atoms with van der Waals surface area (Å²) in [4.78, 5) is 14.4. The van der Waals surface area contributed by atoms with Crippen LogP contribution in [0.3, 0.4) is 0 Å². The average Bonchev–Trinajstić information content (AvgIpc) is 2.47. The molecule has 2 amide bonds. The predicted molar refractivity (Wildman–Crippen MR) is 84.2 cm³/mol. The van der Waals surface area contributed by atoms with Crippen LogP contribution in [-0.2, 0) is 0 Å². The SMILES string of the molecule is CC[C@@H]1CCCCN1C(=O)Nc1ccc(C(C)C)cc1. The van der Waals surface area contributed by atoms with Gasteiger partial charge in [-0.2, -0.15) is 0 Å². The van der Waals surface area contributed by atoms with Crippen LogP contribution in [0.1, 0.15) is 57.9 Å². The second-order valence-electron chi connectivity index (χ2n) is 5.96. The van der Waals surface area contributed by atoms with Gasteiger partial charge in [-0.05, 0) is 49.3 Å². The monoisotopic (exact) mass is 274 g/mol. The fourth-order valence-corrected chi connectivity index (χ4v) is 2.84. The first-order chi connectivity index (χ1) is 9.61. The van der Waals surface area contributed by atoms with Crippen molar-refractivity contribution < 1.29 is 4.79 Å². The highest BCUT2D eigenvalue weighted by atomic mass is 16.2. The molecule has 2 rings (SSSR count). The van der Waals surface area contributed by atoms with Crippen molar-refractivity contribution in [1.82, 2.24) is 4.90 Å². The minimum atomic E-state index is 0.0499. The Balaban J connectivity index is 1.99. The molecule has 0 aliphatic carbocycles. The van der Waals surface area contributed by atoms with Crippen LogP contribution in [0.4, 0.5) is 10.5 Å². The fourth-order valence-electron chi connectivity index (χ4n) is 2.84. The van der Waals surface area contributed by atoms with Crippen molar-refractivity contribution >= 4 is 11.7 Å². The predicted octanol–water partition coefficient (Wildman–Crippen LogP) is 4.61. The highest BCUT2D eigenvalue weighted by Crippen LogP contribution is 2.21. The van der Waals surface area contributed by atoms with Gasteiger partial charge < -0.3 is 10.2 Å². The second kappa shape index (κ2) is 6.78. The molecule has 1 aliphatic heterocycles. The normalized spacial score (nSPS) is 19.2. The molecule has 1 saturated heterocycles. The maximum Gasteiger partial charge on any atom is 0.322 e. The van der Waals surface area contributed by atoms with Crippen molar-refractivity contribution in [2.75, 3.05) is 11.9 Å². The molecule has 1 aliphatic rings. The van der Waals surface area contributed by atoms with Crippen molar-refractivity contribution in [2.45, 2.75) is 58.4 Å². The molecule has 110 valence electrons. The van der Waals surface area contributed by atoms with Crippen molar-refractivity contribution in [3.8, 4) is 0 Å². The summed E-state index contributed by atoms with van der Waals surface area (Å²) in [5.74, 6) is 0.520. The maximum atomic E-state index is 12.4. The Labute approximate surface area is 122 Å². The van der Waals surface area contributed by atoms with Gasteiger partial charge in [0.1, 0.15) is 0 Å². The molecule has 1 aromatic carbocycles. The number of urea groups is 1. The van der Waals surface area contributed by atoms with Gasteiger partial charge in [0, 0.05) is 18.3 Å². The molecule has 0 spiro atoms. The highest BCUT2D eigenvalue weighted by molar-refractivity contribution is 5.89. The van der Waals surface area contributed by atoms with Crippen LogP contribution in [-0.4, -0.2) is 23.5 Å². The summed E-state index contributed by atoms with van der Waals surface area (Å²) in [6, 6.07) is 8.63. The molecule has 1 fully saturated rings. The lowest BCUT2D eigenvalue weighted by atomic mass is 10.0. The fraction of sp³-hybridized carbons (Fsp3) is 0.588. The molecule has 3 heteroatoms. The molecule has 1 atom stereocenters. The van der Waals surface area contributed by atoms with Gasteiger partial charge in [0.15, 0.2) is 0 Å². The summed E-state index contributed by atoms with van der Waals surface area (Å²) in [5, 5.41) is 3.03. The number of hydrogen-bond acceptors (Lipinski definition) is 1. The van der Waals surface area contributed by atoms with E-state index in [0.717, 1.165) is 31.5 Å². The largest absolute Gasteiger partial charge is 0.322 e. The molecule has 0 unspecified atom stereocenters. The number of carbonyl (C=O) groups is 1. The number of likely N-dealkylation sites (tertiary alicyclic amines) is 1. The van der Waals surface area contributed by atoms with Crippen molar-refractivity contribution in [3.05, 3.63) is 29.8 Å². The molecule has 0 radical (unpaired) electrons. The molecule has 1 aromatic rings. The number of hydrogen-bond donors (Lipinski definition) is 1. The van der Waals surface area contributed by atoms with Gasteiger partial charge in [0.05, 0.1) is 0 Å². The van der Waals surface area contributed by atoms with E-state index in [4.69, 9.17) is 0 Å². The molecule has 0 aromatic heterocycles. The van der Waals surface area contributed by atoms with Crippen LogP contribution in [0.2, 0.25) is 0 Å². The summed E-state index contributed by atoms with van der Waals surface area (Å²) in [6.45, 7) is 7.39. The molecular weight excluding hydrogens is 248 g/mol. The van der Waals surface area contributed by atoms with Crippen LogP contribution in [0.15, 0.2) is 24.3 Å². The Bertz CT molecular complexity index is 439. The molecule has 3 nitrogen and oxygen atoms in total. The van der Waals surface area contributed by atoms with Crippen molar-refractivity contribution in [1.29, 1.82) is 0 Å². The van der Waals surface area contributed by atoms with Crippen LogP contribution in [0, 0.1) is 0 Å². The number of rotatable bonds is 3. The third kappa shape index (κ3) is 3.53. The van der Waals surface area contributed by atoms with E-state index >= 15 is 0 Å². The zero-order chi connectivity index (χ0) is 14.5. The Morgan fingerprint density at radius 2 is 2.00 bits per heavy atom. The molecule has 20 heavy (non-hydrogen) atoms. The molecule has 1 N–H and O–H groups in total.